The van der Waals surface area contributed by atoms with Gasteiger partial charge in [0.15, 0.2) is 0 Å². The lowest BCUT2D eigenvalue weighted by atomic mass is 10.2. The van der Waals surface area contributed by atoms with Crippen LogP contribution in [0.3, 0.4) is 0 Å². The summed E-state index contributed by atoms with van der Waals surface area (Å²) in [4.78, 5) is 14.5. The van der Waals surface area contributed by atoms with Crippen LogP contribution < -0.4 is 9.62 Å². The fraction of sp³-hybridized carbons (Fsp3) is 0.562. The first-order chi connectivity index (χ1) is 10.1. The average Bonchev–Trinajstić information content (AvgIpc) is 2.85. The van der Waals surface area contributed by atoms with Crippen LogP contribution in [0.15, 0.2) is 17.0 Å². The molecule has 1 aromatic rings. The number of hydrogen-bond acceptors (Lipinski definition) is 3. The van der Waals surface area contributed by atoms with Crippen LogP contribution in [0.25, 0.3) is 0 Å². The normalized spacial score (nSPS) is 13.6. The van der Waals surface area contributed by atoms with E-state index in [1.54, 1.807) is 18.9 Å². The van der Waals surface area contributed by atoms with Crippen molar-refractivity contribution < 1.29 is 4.79 Å². The molecule has 0 atom stereocenters. The van der Waals surface area contributed by atoms with Gasteiger partial charge in [0, 0.05) is 30.6 Å². The van der Waals surface area contributed by atoms with Gasteiger partial charge in [-0.25, -0.2) is 0 Å². The van der Waals surface area contributed by atoms with Crippen molar-refractivity contribution in [2.24, 2.45) is 0 Å². The van der Waals surface area contributed by atoms with E-state index in [0.717, 1.165) is 35.1 Å². The first-order valence-corrected chi connectivity index (χ1v) is 8.83. The van der Waals surface area contributed by atoms with Crippen LogP contribution in [-0.2, 0) is 11.2 Å². The molecule has 0 bridgehead atoms. The maximum Gasteiger partial charge on any atom is 0.223 e. The van der Waals surface area contributed by atoms with Crippen LogP contribution >= 0.6 is 23.5 Å². The summed E-state index contributed by atoms with van der Waals surface area (Å²) in [6.45, 7) is 5.57. The summed E-state index contributed by atoms with van der Waals surface area (Å²) in [5, 5.41) is 0.769. The van der Waals surface area contributed by atoms with Gasteiger partial charge in [0.05, 0.1) is 5.02 Å². The number of unbranched alkanes of at least 4 members (excludes halogenated alkanes) is 3. The highest BCUT2D eigenvalue weighted by Gasteiger charge is 2.23. The Balaban J connectivity index is 1.94. The molecule has 5 heteroatoms. The molecule has 0 aromatic heterocycles. The third-order valence-corrected chi connectivity index (χ3v) is 5.05. The third kappa shape index (κ3) is 4.38. The zero-order chi connectivity index (χ0) is 15.2. The van der Waals surface area contributed by atoms with Gasteiger partial charge in [-0.2, -0.15) is 0 Å². The fourth-order valence-electron chi connectivity index (χ4n) is 2.55. The molecule has 21 heavy (non-hydrogen) atoms. The fourth-order valence-corrected chi connectivity index (χ4v) is 3.58. The van der Waals surface area contributed by atoms with Gasteiger partial charge in [-0.3, -0.25) is 9.52 Å². The Bertz CT molecular complexity index is 507. The highest BCUT2D eigenvalue weighted by atomic mass is 35.5. The van der Waals surface area contributed by atoms with Crippen molar-refractivity contribution in [3.05, 3.63) is 22.7 Å². The number of nitrogens with zero attached hydrogens (tertiary/aromatic N) is 1. The van der Waals surface area contributed by atoms with Crippen molar-refractivity contribution >= 4 is 35.1 Å². The Hall–Kier alpha value is -0.710. The Morgan fingerprint density at radius 3 is 2.90 bits per heavy atom. The van der Waals surface area contributed by atoms with E-state index in [-0.39, 0.29) is 5.91 Å². The SMILES string of the molecule is CCCCCCNSc1cc2c(cc1Cl)CCN2C(C)=O. The monoisotopic (exact) mass is 326 g/mol. The molecule has 116 valence electrons. The Morgan fingerprint density at radius 1 is 1.38 bits per heavy atom. The minimum absolute atomic E-state index is 0.0968. The van der Waals surface area contributed by atoms with E-state index < -0.39 is 0 Å². The molecule has 0 radical (unpaired) electrons. The van der Waals surface area contributed by atoms with Crippen LogP contribution in [0, 0.1) is 0 Å². The molecule has 1 amide bonds. The summed E-state index contributed by atoms with van der Waals surface area (Å²) in [6, 6.07) is 4.04. The number of nitrogens with one attached hydrogen (secondary N) is 1. The van der Waals surface area contributed by atoms with E-state index in [1.807, 2.05) is 17.0 Å². The summed E-state index contributed by atoms with van der Waals surface area (Å²) in [7, 11) is 0. The van der Waals surface area contributed by atoms with Gasteiger partial charge in [-0.1, -0.05) is 37.8 Å². The standard InChI is InChI=1S/C16H23ClN2OS/c1-3-4-5-6-8-18-21-16-11-15-13(10-14(16)17)7-9-19(15)12(2)20/h10-11,18H,3-9H2,1-2H3. The summed E-state index contributed by atoms with van der Waals surface area (Å²) < 4.78 is 3.37. The third-order valence-electron chi connectivity index (χ3n) is 3.72. The van der Waals surface area contributed by atoms with E-state index in [9.17, 15) is 4.79 Å². The topological polar surface area (TPSA) is 32.3 Å². The van der Waals surface area contributed by atoms with Crippen LogP contribution in [0.1, 0.15) is 45.1 Å². The number of carbonyl (C=O) groups is 1. The lowest BCUT2D eigenvalue weighted by Gasteiger charge is -2.16. The second-order valence-electron chi connectivity index (χ2n) is 5.39. The first-order valence-electron chi connectivity index (χ1n) is 7.63. The van der Waals surface area contributed by atoms with E-state index in [0.29, 0.717) is 0 Å². The molecule has 1 heterocycles. The second-order valence-corrected chi connectivity index (χ2v) is 6.73. The van der Waals surface area contributed by atoms with E-state index in [4.69, 9.17) is 11.6 Å². The van der Waals surface area contributed by atoms with Crippen molar-refractivity contribution in [1.82, 2.24) is 4.72 Å². The highest BCUT2D eigenvalue weighted by molar-refractivity contribution is 7.97. The van der Waals surface area contributed by atoms with Crippen molar-refractivity contribution in [3.8, 4) is 0 Å². The molecule has 0 unspecified atom stereocenters. The summed E-state index contributed by atoms with van der Waals surface area (Å²) in [5.41, 5.74) is 2.18. The smallest absolute Gasteiger partial charge is 0.223 e. The molecular formula is C16H23ClN2OS. The predicted octanol–water partition coefficient (Wildman–Crippen LogP) is 4.43. The predicted molar refractivity (Wildman–Crippen MR) is 91.2 cm³/mol. The highest BCUT2D eigenvalue weighted by Crippen LogP contribution is 2.36. The number of amides is 1. The molecule has 0 fully saturated rings. The van der Waals surface area contributed by atoms with Gasteiger partial charge in [0.1, 0.15) is 0 Å². The van der Waals surface area contributed by atoms with Gasteiger partial charge in [-0.05, 0) is 42.5 Å². The van der Waals surface area contributed by atoms with Gasteiger partial charge >= 0.3 is 0 Å². The van der Waals surface area contributed by atoms with Gasteiger partial charge in [0.25, 0.3) is 0 Å². The molecule has 1 aliphatic rings. The average molecular weight is 327 g/mol. The number of halogens is 1. The zero-order valence-electron chi connectivity index (χ0n) is 12.7. The van der Waals surface area contributed by atoms with Crippen molar-refractivity contribution in [2.45, 2.75) is 50.8 Å². The number of hydrogen-bond donors (Lipinski definition) is 1. The number of fused-ring (bicyclic) bond motifs is 1. The van der Waals surface area contributed by atoms with E-state index in [1.165, 1.54) is 31.2 Å². The Labute approximate surface area is 136 Å². The van der Waals surface area contributed by atoms with Crippen LogP contribution in [0.2, 0.25) is 5.02 Å². The molecule has 1 aromatic carbocycles. The van der Waals surface area contributed by atoms with Crippen molar-refractivity contribution in [2.75, 3.05) is 18.0 Å². The summed E-state index contributed by atoms with van der Waals surface area (Å²) >= 11 is 7.90. The second kappa shape index (κ2) is 8.06. The van der Waals surface area contributed by atoms with E-state index in [2.05, 4.69) is 11.6 Å². The quantitative estimate of drug-likeness (QED) is 0.594. The van der Waals surface area contributed by atoms with Crippen LogP contribution in [0.4, 0.5) is 5.69 Å². The number of anilines is 1. The Kier molecular flexibility index (Phi) is 6.40. The Morgan fingerprint density at radius 2 is 2.19 bits per heavy atom. The molecule has 0 aliphatic carbocycles. The molecule has 1 N–H and O–H groups in total. The maximum atomic E-state index is 11.6. The molecule has 0 saturated carbocycles. The largest absolute Gasteiger partial charge is 0.312 e. The lowest BCUT2D eigenvalue weighted by molar-refractivity contribution is -0.116. The van der Waals surface area contributed by atoms with Crippen LogP contribution in [0.5, 0.6) is 0 Å². The first kappa shape index (κ1) is 16.7. The lowest BCUT2D eigenvalue weighted by Crippen LogP contribution is -2.25. The molecule has 3 nitrogen and oxygen atoms in total. The zero-order valence-corrected chi connectivity index (χ0v) is 14.3. The minimum atomic E-state index is 0.0968. The summed E-state index contributed by atoms with van der Waals surface area (Å²) in [5.74, 6) is 0.0968. The van der Waals surface area contributed by atoms with Crippen molar-refractivity contribution in [1.29, 1.82) is 0 Å². The molecular weight excluding hydrogens is 304 g/mol. The molecule has 0 saturated heterocycles. The number of carbonyl (C=O) groups excluding carboxylic acids is 1. The van der Waals surface area contributed by atoms with Crippen molar-refractivity contribution in [3.63, 3.8) is 0 Å². The molecule has 0 spiro atoms. The van der Waals surface area contributed by atoms with E-state index >= 15 is 0 Å². The van der Waals surface area contributed by atoms with Gasteiger partial charge in [0.2, 0.25) is 5.91 Å². The van der Waals surface area contributed by atoms with Gasteiger partial charge < -0.3 is 4.90 Å². The molecule has 1 aliphatic heterocycles. The molecule has 2 rings (SSSR count). The number of benzene rings is 1. The summed E-state index contributed by atoms with van der Waals surface area (Å²) in [6.07, 6.45) is 5.89. The van der Waals surface area contributed by atoms with Crippen LogP contribution in [-0.4, -0.2) is 19.0 Å². The number of rotatable bonds is 7. The van der Waals surface area contributed by atoms with Gasteiger partial charge in [-0.15, -0.1) is 0 Å². The maximum absolute atomic E-state index is 11.6. The minimum Gasteiger partial charge on any atom is -0.312 e.